The number of anilines is 1. The summed E-state index contributed by atoms with van der Waals surface area (Å²) in [7, 11) is -18.2. The van der Waals surface area contributed by atoms with Gasteiger partial charge in [0, 0.05) is 88.2 Å². The van der Waals surface area contributed by atoms with Crippen LogP contribution < -0.4 is 20.9 Å². The fourth-order valence-electron chi connectivity index (χ4n) is 12.0. The standard InChI is InChI=1S/C65H80Cl3N7O17S4/c1-7-65(8-2,71-61(77)59-44(3)60(45-20-22-46(66)23-21-45)75(72-59)55-27-24-47(67)41-52(55)68)62(78)70-32-36-92-38-37-91-35-31-69-58(76)19-13-10-14-30-64(6)51-43-49(96(88,89)90)26-29-54(51)74(34-16-40-94(82,83)84)57(64)18-12-9-11-17-56-63(4,5)50-42-48(95(85,86)87)25-28-53(50)73(56)33-15-39-93(79,80)81/h9,11-12,17-18,20-29,41-43H,7-8,10,13-16,19,30-40H2,1-6H3,(H6-,69,70,71,76,77,78,79,80,81,82,83,84,85,86,87,88,89,90). The van der Waals surface area contributed by atoms with Crippen LogP contribution in [-0.4, -0.2) is 159 Å². The van der Waals surface area contributed by atoms with Crippen molar-refractivity contribution < 1.29 is 80.3 Å². The Balaban J connectivity index is 0.909. The molecule has 1 atom stereocenters. The molecule has 0 spiro atoms. The van der Waals surface area contributed by atoms with Gasteiger partial charge in [-0.25, -0.2) is 13.1 Å². The highest BCUT2D eigenvalue weighted by molar-refractivity contribution is 7.86. The van der Waals surface area contributed by atoms with E-state index in [2.05, 4.69) is 16.0 Å². The second-order valence-electron chi connectivity index (χ2n) is 24.0. The highest BCUT2D eigenvalue weighted by Gasteiger charge is 2.46. The van der Waals surface area contributed by atoms with E-state index < -0.39 is 85.1 Å². The monoisotopic (exact) mass is 1460 g/mol. The number of allylic oxidation sites excluding steroid dienone is 6. The smallest absolute Gasteiger partial charge is 0.294 e. The number of fused-ring (bicyclic) bond motifs is 2. The topological polar surface area (TPSA) is 350 Å². The maximum Gasteiger partial charge on any atom is 0.294 e. The summed E-state index contributed by atoms with van der Waals surface area (Å²) in [5.41, 5.74) is 2.62. The van der Waals surface area contributed by atoms with E-state index in [1.54, 1.807) is 103 Å². The molecule has 3 heterocycles. The van der Waals surface area contributed by atoms with E-state index in [1.165, 1.54) is 36.4 Å². The highest BCUT2D eigenvalue weighted by Crippen LogP contribution is 2.52. The summed E-state index contributed by atoms with van der Waals surface area (Å²) in [4.78, 5) is 41.8. The van der Waals surface area contributed by atoms with Crippen LogP contribution in [0.25, 0.3) is 16.9 Å². The molecule has 2 aliphatic rings. The molecule has 31 heteroatoms. The van der Waals surface area contributed by atoms with Gasteiger partial charge in [-0.3, -0.25) is 28.0 Å². The van der Waals surface area contributed by atoms with Crippen LogP contribution in [0.3, 0.4) is 0 Å². The molecule has 6 N–H and O–H groups in total. The van der Waals surface area contributed by atoms with E-state index in [0.717, 1.165) is 5.56 Å². The van der Waals surface area contributed by atoms with Crippen LogP contribution >= 0.6 is 34.8 Å². The quantitative estimate of drug-likeness (QED) is 0.00950. The van der Waals surface area contributed by atoms with Crippen molar-refractivity contribution in [3.05, 3.63) is 152 Å². The molecule has 0 saturated heterocycles. The minimum Gasteiger partial charge on any atom is -0.744 e. The molecular formula is C65H80Cl3N7O17S4. The summed E-state index contributed by atoms with van der Waals surface area (Å²) in [6.45, 7) is 12.1. The lowest BCUT2D eigenvalue weighted by molar-refractivity contribution is -0.437. The third kappa shape index (κ3) is 19.5. The number of nitrogens with zero attached hydrogens (tertiary/aromatic N) is 4. The van der Waals surface area contributed by atoms with Gasteiger partial charge in [0.25, 0.3) is 36.3 Å². The Bertz CT molecular complexity index is 4310. The number of halogens is 3. The molecule has 7 rings (SSSR count). The summed E-state index contributed by atoms with van der Waals surface area (Å²) < 4.78 is 152. The average molecular weight is 1470 g/mol. The lowest BCUT2D eigenvalue weighted by Crippen LogP contribution is -2.58. The zero-order chi connectivity index (χ0) is 70.6. The second-order valence-corrected chi connectivity index (χ2v) is 31.2. The fourth-order valence-corrected chi connectivity index (χ4v) is 14.6. The van der Waals surface area contributed by atoms with Gasteiger partial charge in [-0.15, -0.1) is 0 Å². The number of amides is 3. The van der Waals surface area contributed by atoms with Crippen LogP contribution in [0.1, 0.15) is 120 Å². The number of unbranched alkanes of at least 4 members (excludes halogenated alkanes) is 2. The van der Waals surface area contributed by atoms with Crippen molar-refractivity contribution in [3.63, 3.8) is 0 Å². The van der Waals surface area contributed by atoms with Gasteiger partial charge in [-0.05, 0) is 132 Å². The van der Waals surface area contributed by atoms with Crippen molar-refractivity contribution in [2.75, 3.05) is 69.0 Å². The van der Waals surface area contributed by atoms with E-state index in [-0.39, 0.29) is 101 Å². The Morgan fingerprint density at radius 3 is 1.95 bits per heavy atom. The van der Waals surface area contributed by atoms with Gasteiger partial charge in [-0.2, -0.15) is 34.9 Å². The van der Waals surface area contributed by atoms with Crippen molar-refractivity contribution in [1.29, 1.82) is 0 Å². The van der Waals surface area contributed by atoms with Crippen LogP contribution in [0.5, 0.6) is 0 Å². The van der Waals surface area contributed by atoms with Gasteiger partial charge in [0.1, 0.15) is 22.2 Å². The molecule has 0 bridgehead atoms. The molecule has 4 aromatic carbocycles. The molecule has 1 unspecified atom stereocenters. The lowest BCUT2D eigenvalue weighted by atomic mass is 9.77. The molecule has 522 valence electrons. The summed E-state index contributed by atoms with van der Waals surface area (Å²) in [6.07, 6.45) is 11.2. The Morgan fingerprint density at radius 2 is 1.32 bits per heavy atom. The van der Waals surface area contributed by atoms with Crippen LogP contribution in [0.15, 0.2) is 125 Å². The SMILES string of the molecule is CCC(CC)(NC(=O)c1nn(-c2ccc(Cl)cc2Cl)c(-c2ccc(Cl)cc2)c1C)C(=O)NCCOCCOCCNC(=O)CCCCCC1(C)/C(=C/C=C/C=C/C2=[N+](CCCS(=O)(=O)O)c3ccc(S(=O)(=O)O)cc3C2(C)C)N(CCCS(=O)(=O)O)c2ccc(S(=O)(=O)[O-])cc21. The number of ether oxygens (including phenoxy) is 2. The maximum atomic E-state index is 14.1. The Labute approximate surface area is 576 Å². The maximum absolute atomic E-state index is 14.1. The molecule has 5 aromatic rings. The molecular weight excluding hydrogens is 1390 g/mol. The number of hydrogen-bond acceptors (Lipinski definition) is 16. The van der Waals surface area contributed by atoms with Gasteiger partial charge in [0.05, 0.1) is 69.5 Å². The molecule has 96 heavy (non-hydrogen) atoms. The molecule has 0 saturated carbocycles. The fraction of sp³-hybridized carbons (Fsp3) is 0.431. The first-order valence-electron chi connectivity index (χ1n) is 31.0. The highest BCUT2D eigenvalue weighted by atomic mass is 35.5. The van der Waals surface area contributed by atoms with Crippen LogP contribution in [0.4, 0.5) is 11.4 Å². The van der Waals surface area contributed by atoms with Crippen molar-refractivity contribution >= 4 is 110 Å². The Kier molecular flexibility index (Phi) is 26.1. The minimum atomic E-state index is -4.93. The van der Waals surface area contributed by atoms with Crippen LogP contribution in [-0.2, 0) is 70.4 Å². The lowest BCUT2D eigenvalue weighted by Gasteiger charge is -2.31. The number of nitrogens with one attached hydrogen (secondary N) is 3. The number of carbonyl (C=O) groups is 3. The molecule has 2 aliphatic heterocycles. The van der Waals surface area contributed by atoms with Gasteiger partial charge in [-0.1, -0.05) is 91.9 Å². The summed E-state index contributed by atoms with van der Waals surface area (Å²) in [6, 6.07) is 20.1. The summed E-state index contributed by atoms with van der Waals surface area (Å²) in [5.74, 6) is -2.29. The predicted octanol–water partition coefficient (Wildman–Crippen LogP) is 9.87. The number of carbonyl (C=O) groups excluding carboxylic acids is 3. The van der Waals surface area contributed by atoms with Gasteiger partial charge in [0.2, 0.25) is 17.5 Å². The Hall–Kier alpha value is -6.38. The van der Waals surface area contributed by atoms with Crippen molar-refractivity contribution in [1.82, 2.24) is 25.7 Å². The molecule has 0 radical (unpaired) electrons. The van der Waals surface area contributed by atoms with Crippen molar-refractivity contribution in [2.24, 2.45) is 0 Å². The first kappa shape index (κ1) is 77.0. The van der Waals surface area contributed by atoms with Crippen molar-refractivity contribution in [3.8, 4) is 16.9 Å². The average Bonchev–Trinajstić information content (AvgIpc) is 1.60. The van der Waals surface area contributed by atoms with Gasteiger partial charge < -0.3 is 34.9 Å². The normalized spacial score (nSPS) is 16.3. The van der Waals surface area contributed by atoms with E-state index in [1.807, 2.05) is 25.7 Å². The predicted molar refractivity (Wildman–Crippen MR) is 367 cm³/mol. The third-order valence-corrected chi connectivity index (χ3v) is 21.2. The van der Waals surface area contributed by atoms with Crippen molar-refractivity contribution in [2.45, 2.75) is 125 Å². The minimum absolute atomic E-state index is 0.00962. The van der Waals surface area contributed by atoms with Crippen LogP contribution in [0.2, 0.25) is 15.1 Å². The zero-order valence-corrected chi connectivity index (χ0v) is 59.5. The molecule has 3 amide bonds. The zero-order valence-electron chi connectivity index (χ0n) is 53.9. The molecule has 1 aromatic heterocycles. The van der Waals surface area contributed by atoms with E-state index >= 15 is 0 Å². The molecule has 24 nitrogen and oxygen atoms in total. The molecule has 0 aliphatic carbocycles. The number of rotatable bonds is 35. The second kappa shape index (κ2) is 32.5. The first-order chi connectivity index (χ1) is 45.0. The summed E-state index contributed by atoms with van der Waals surface area (Å²) in [5, 5.41) is 14.6. The Morgan fingerprint density at radius 1 is 0.708 bits per heavy atom. The van der Waals surface area contributed by atoms with E-state index in [4.69, 9.17) is 49.4 Å². The van der Waals surface area contributed by atoms with Crippen LogP contribution in [0, 0.1) is 6.92 Å². The summed E-state index contributed by atoms with van der Waals surface area (Å²) >= 11 is 19.0. The third-order valence-electron chi connectivity index (χ3n) is 17.1. The largest absolute Gasteiger partial charge is 0.744 e. The number of benzene rings is 4. The van der Waals surface area contributed by atoms with E-state index in [9.17, 15) is 66.3 Å². The van der Waals surface area contributed by atoms with E-state index in [0.29, 0.717) is 91.6 Å². The number of hydrogen-bond donors (Lipinski definition) is 6. The molecule has 0 fully saturated rings. The number of aromatic nitrogens is 2. The van der Waals surface area contributed by atoms with Gasteiger partial charge in [0.15, 0.2) is 11.4 Å². The first-order valence-corrected chi connectivity index (χ1v) is 38.2. The van der Waals surface area contributed by atoms with Gasteiger partial charge >= 0.3 is 0 Å².